The molecule has 3 aliphatic rings. The van der Waals surface area contributed by atoms with Crippen molar-refractivity contribution in [2.24, 2.45) is 5.92 Å². The number of benzene rings is 1. The molecule has 29 heavy (non-hydrogen) atoms. The molecular formula is C19H23N5O4S. The number of carbonyl (C=O) groups is 2. The normalized spacial score (nSPS) is 26.4. The fraction of sp³-hybridized carbons (Fsp3) is 0.526. The average molecular weight is 417 g/mol. The minimum Gasteiger partial charge on any atom is -0.323 e. The molecule has 0 aromatic heterocycles. The van der Waals surface area contributed by atoms with E-state index in [0.717, 1.165) is 12.8 Å². The topological polar surface area (TPSA) is 114 Å². The predicted molar refractivity (Wildman–Crippen MR) is 103 cm³/mol. The summed E-state index contributed by atoms with van der Waals surface area (Å²) < 4.78 is 27.2. The Hall–Kier alpha value is -2.48. The Morgan fingerprint density at radius 1 is 1.17 bits per heavy atom. The van der Waals surface area contributed by atoms with E-state index in [2.05, 4.69) is 5.32 Å². The molecule has 1 unspecified atom stereocenters. The molecule has 0 radical (unpaired) electrons. The highest BCUT2D eigenvalue weighted by Crippen LogP contribution is 2.42. The number of urea groups is 1. The molecule has 1 aliphatic carbocycles. The Morgan fingerprint density at radius 2 is 1.83 bits per heavy atom. The molecule has 1 aromatic carbocycles. The van der Waals surface area contributed by atoms with Crippen LogP contribution in [0, 0.1) is 17.2 Å². The van der Waals surface area contributed by atoms with Gasteiger partial charge in [-0.2, -0.15) is 9.57 Å². The second-order valence-corrected chi connectivity index (χ2v) is 9.82. The zero-order valence-corrected chi connectivity index (χ0v) is 17.0. The lowest BCUT2D eigenvalue weighted by atomic mass is 9.96. The second kappa shape index (κ2) is 7.09. The van der Waals surface area contributed by atoms with Gasteiger partial charge in [-0.15, -0.1) is 0 Å². The summed E-state index contributed by atoms with van der Waals surface area (Å²) in [7, 11) is -3.77. The van der Waals surface area contributed by atoms with Crippen LogP contribution in [-0.2, 0) is 14.8 Å². The average Bonchev–Trinajstić information content (AvgIpc) is 3.54. The van der Waals surface area contributed by atoms with Gasteiger partial charge in [0.25, 0.3) is 5.91 Å². The maximum atomic E-state index is 12.9. The molecule has 10 heteroatoms. The summed E-state index contributed by atoms with van der Waals surface area (Å²) in [6.45, 7) is 3.17. The molecule has 154 valence electrons. The third kappa shape index (κ3) is 3.39. The quantitative estimate of drug-likeness (QED) is 0.700. The molecule has 2 aliphatic heterocycles. The van der Waals surface area contributed by atoms with Crippen LogP contribution in [0.4, 0.5) is 4.79 Å². The van der Waals surface area contributed by atoms with Crippen molar-refractivity contribution in [2.75, 3.05) is 32.8 Å². The molecule has 2 heterocycles. The van der Waals surface area contributed by atoms with Crippen molar-refractivity contribution in [1.29, 1.82) is 5.26 Å². The first-order valence-corrected chi connectivity index (χ1v) is 11.1. The number of sulfonamides is 1. The number of piperazine rings is 1. The van der Waals surface area contributed by atoms with Crippen LogP contribution in [0.3, 0.4) is 0 Å². The molecule has 3 amide bonds. The van der Waals surface area contributed by atoms with E-state index in [0.29, 0.717) is 13.1 Å². The third-order valence-corrected chi connectivity index (χ3v) is 7.95. The number of rotatable bonds is 5. The molecule has 1 saturated carbocycles. The van der Waals surface area contributed by atoms with Gasteiger partial charge >= 0.3 is 6.03 Å². The SMILES string of the molecule is CC1(C2CC2)NC(=O)N(CN2CCN(S(=O)(=O)c3ccccc3C#N)CC2)C1=O. The van der Waals surface area contributed by atoms with Crippen molar-refractivity contribution < 1.29 is 18.0 Å². The summed E-state index contributed by atoms with van der Waals surface area (Å²) in [5.41, 5.74) is -0.697. The van der Waals surface area contributed by atoms with E-state index in [1.54, 1.807) is 19.1 Å². The molecule has 0 bridgehead atoms. The maximum Gasteiger partial charge on any atom is 0.326 e. The highest BCUT2D eigenvalue weighted by molar-refractivity contribution is 7.89. The lowest BCUT2D eigenvalue weighted by Crippen LogP contribution is -2.53. The summed E-state index contributed by atoms with van der Waals surface area (Å²) in [5.74, 6) is -0.00542. The Bertz CT molecular complexity index is 992. The number of hydrogen-bond acceptors (Lipinski definition) is 6. The summed E-state index contributed by atoms with van der Waals surface area (Å²) in [5, 5.41) is 12.0. The van der Waals surface area contributed by atoms with Crippen LogP contribution < -0.4 is 5.32 Å². The highest BCUT2D eigenvalue weighted by atomic mass is 32.2. The maximum absolute atomic E-state index is 12.9. The van der Waals surface area contributed by atoms with Crippen LogP contribution in [0.5, 0.6) is 0 Å². The van der Waals surface area contributed by atoms with Gasteiger partial charge in [0.15, 0.2) is 0 Å². The van der Waals surface area contributed by atoms with Crippen LogP contribution >= 0.6 is 0 Å². The van der Waals surface area contributed by atoms with Crippen LogP contribution in [-0.4, -0.2) is 72.8 Å². The van der Waals surface area contributed by atoms with Crippen molar-refractivity contribution in [3.8, 4) is 6.07 Å². The van der Waals surface area contributed by atoms with Crippen molar-refractivity contribution in [3.05, 3.63) is 29.8 Å². The first-order valence-electron chi connectivity index (χ1n) is 9.63. The highest BCUT2D eigenvalue weighted by Gasteiger charge is 2.56. The Kier molecular flexibility index (Phi) is 4.85. The Labute approximate surface area is 169 Å². The summed E-state index contributed by atoms with van der Waals surface area (Å²) in [6.07, 6.45) is 1.88. The van der Waals surface area contributed by atoms with Crippen molar-refractivity contribution in [3.63, 3.8) is 0 Å². The number of nitrogens with one attached hydrogen (secondary N) is 1. The van der Waals surface area contributed by atoms with Crippen LogP contribution in [0.25, 0.3) is 0 Å². The fourth-order valence-electron chi connectivity index (χ4n) is 4.02. The van der Waals surface area contributed by atoms with Crippen LogP contribution in [0.2, 0.25) is 0 Å². The van der Waals surface area contributed by atoms with E-state index in [1.165, 1.54) is 21.3 Å². The second-order valence-electron chi connectivity index (χ2n) is 7.91. The smallest absolute Gasteiger partial charge is 0.323 e. The van der Waals surface area contributed by atoms with Gasteiger partial charge in [-0.25, -0.2) is 18.1 Å². The number of carbonyl (C=O) groups excluding carboxylic acids is 2. The zero-order valence-electron chi connectivity index (χ0n) is 16.2. The monoisotopic (exact) mass is 417 g/mol. The van der Waals surface area contributed by atoms with Crippen molar-refractivity contribution in [2.45, 2.75) is 30.2 Å². The zero-order chi connectivity index (χ0) is 20.8. The molecule has 2 saturated heterocycles. The third-order valence-electron chi connectivity index (χ3n) is 5.99. The van der Waals surface area contributed by atoms with Gasteiger partial charge in [0.05, 0.1) is 17.1 Å². The number of nitriles is 1. The number of imide groups is 1. The standard InChI is InChI=1S/C19H23N5O4S/c1-19(15-6-7-15)17(25)24(18(26)21-19)13-22-8-10-23(11-9-22)29(27,28)16-5-3-2-4-14(16)12-20/h2-5,15H,6-11,13H2,1H3,(H,21,26). The lowest BCUT2D eigenvalue weighted by Gasteiger charge is -2.35. The molecule has 1 aromatic rings. The summed E-state index contributed by atoms with van der Waals surface area (Å²) in [4.78, 5) is 28.2. The van der Waals surface area contributed by atoms with E-state index in [9.17, 15) is 23.3 Å². The summed E-state index contributed by atoms with van der Waals surface area (Å²) in [6, 6.07) is 7.68. The largest absolute Gasteiger partial charge is 0.326 e. The first kappa shape index (κ1) is 19.8. The minimum atomic E-state index is -3.77. The number of nitrogens with zero attached hydrogens (tertiary/aromatic N) is 4. The van der Waals surface area contributed by atoms with Crippen LogP contribution in [0.1, 0.15) is 25.3 Å². The molecule has 3 fully saturated rings. The van der Waals surface area contributed by atoms with E-state index < -0.39 is 15.6 Å². The van der Waals surface area contributed by atoms with Gasteiger partial charge < -0.3 is 5.32 Å². The van der Waals surface area contributed by atoms with Gasteiger partial charge in [0.2, 0.25) is 10.0 Å². The molecule has 1 atom stereocenters. The fourth-order valence-corrected chi connectivity index (χ4v) is 5.58. The first-order chi connectivity index (χ1) is 13.8. The number of amides is 3. The van der Waals surface area contributed by atoms with Crippen LogP contribution in [0.15, 0.2) is 29.2 Å². The lowest BCUT2D eigenvalue weighted by molar-refractivity contribution is -0.133. The minimum absolute atomic E-state index is 0.00486. The molecule has 4 rings (SSSR count). The van der Waals surface area contributed by atoms with Gasteiger partial charge in [-0.1, -0.05) is 12.1 Å². The van der Waals surface area contributed by atoms with E-state index in [4.69, 9.17) is 0 Å². The van der Waals surface area contributed by atoms with E-state index in [1.807, 2.05) is 11.0 Å². The van der Waals surface area contributed by atoms with Gasteiger partial charge in [0.1, 0.15) is 11.6 Å². The molecule has 0 spiro atoms. The summed E-state index contributed by atoms with van der Waals surface area (Å²) >= 11 is 0. The molecule has 1 N–H and O–H groups in total. The van der Waals surface area contributed by atoms with Crippen molar-refractivity contribution in [1.82, 2.24) is 19.4 Å². The van der Waals surface area contributed by atoms with Crippen molar-refractivity contribution >= 4 is 22.0 Å². The van der Waals surface area contributed by atoms with E-state index >= 15 is 0 Å². The van der Waals surface area contributed by atoms with Gasteiger partial charge in [-0.3, -0.25) is 9.69 Å². The van der Waals surface area contributed by atoms with E-state index in [-0.39, 0.29) is 48.1 Å². The van der Waals surface area contributed by atoms with Gasteiger partial charge in [0, 0.05) is 26.2 Å². The molecular weight excluding hydrogens is 394 g/mol. The Balaban J connectivity index is 1.41. The Morgan fingerprint density at radius 3 is 2.45 bits per heavy atom. The number of hydrogen-bond donors (Lipinski definition) is 1. The molecule has 9 nitrogen and oxygen atoms in total. The predicted octanol–water partition coefficient (Wildman–Crippen LogP) is 0.543. The van der Waals surface area contributed by atoms with Gasteiger partial charge in [-0.05, 0) is 37.8 Å².